The number of carboxylic acid groups (broad SMARTS) is 1. The van der Waals surface area contributed by atoms with Gasteiger partial charge < -0.3 is 9.67 Å². The minimum Gasteiger partial charge on any atom is -0.480 e. The third-order valence-corrected chi connectivity index (χ3v) is 2.44. The summed E-state index contributed by atoms with van der Waals surface area (Å²) in [6.45, 7) is 1.61. The van der Waals surface area contributed by atoms with E-state index in [1.165, 1.54) is 18.1 Å². The van der Waals surface area contributed by atoms with Gasteiger partial charge in [0.25, 0.3) is 0 Å². The minimum absolute atomic E-state index is 0.493. The van der Waals surface area contributed by atoms with Gasteiger partial charge in [-0.2, -0.15) is 0 Å². The first-order valence-electron chi connectivity index (χ1n) is 3.34. The molecule has 0 fully saturated rings. The molecule has 1 N–H and O–H groups in total. The first-order chi connectivity index (χ1) is 5.61. The second-order valence-electron chi connectivity index (χ2n) is 2.32. The van der Waals surface area contributed by atoms with Crippen LogP contribution in [0.1, 0.15) is 6.92 Å². The van der Waals surface area contributed by atoms with Crippen molar-refractivity contribution in [1.29, 1.82) is 0 Å². The number of nitrogens with zero attached hydrogens (tertiary/aromatic N) is 3. The van der Waals surface area contributed by atoms with Crippen LogP contribution in [0.2, 0.25) is 0 Å². The van der Waals surface area contributed by atoms with Gasteiger partial charge in [-0.15, -0.1) is 10.2 Å². The van der Waals surface area contributed by atoms with Gasteiger partial charge in [-0.1, -0.05) is 11.8 Å². The number of rotatable bonds is 3. The lowest BCUT2D eigenvalue weighted by molar-refractivity contribution is -0.136. The average Bonchev–Trinajstić information content (AvgIpc) is 2.36. The van der Waals surface area contributed by atoms with Crippen LogP contribution in [0.3, 0.4) is 0 Å². The second kappa shape index (κ2) is 3.57. The topological polar surface area (TPSA) is 68.0 Å². The summed E-state index contributed by atoms with van der Waals surface area (Å²) < 4.78 is 1.68. The summed E-state index contributed by atoms with van der Waals surface area (Å²) in [6.07, 6.45) is 1.54. The van der Waals surface area contributed by atoms with Gasteiger partial charge in [0, 0.05) is 7.05 Å². The standard InChI is InChI=1S/C6H9N3O2S/c1-4(5(10)11)12-6-8-7-3-9(6)2/h3-4H,1-2H3,(H,10,11)/t4-/m1/s1. The van der Waals surface area contributed by atoms with Gasteiger partial charge >= 0.3 is 5.97 Å². The highest BCUT2D eigenvalue weighted by atomic mass is 32.2. The quantitative estimate of drug-likeness (QED) is 0.693. The maximum absolute atomic E-state index is 10.5. The molecule has 0 unspecified atom stereocenters. The molecule has 0 bridgehead atoms. The van der Waals surface area contributed by atoms with Crippen LogP contribution >= 0.6 is 11.8 Å². The number of carbonyl (C=O) groups is 1. The van der Waals surface area contributed by atoms with E-state index in [1.807, 2.05) is 0 Å². The Labute approximate surface area is 73.8 Å². The molecule has 6 heteroatoms. The fourth-order valence-corrected chi connectivity index (χ4v) is 1.31. The number of aromatic nitrogens is 3. The molecule has 1 aromatic rings. The molecule has 0 saturated heterocycles. The molecule has 0 spiro atoms. The van der Waals surface area contributed by atoms with Crippen LogP contribution in [0.5, 0.6) is 0 Å². The zero-order valence-corrected chi connectivity index (χ0v) is 7.58. The normalized spacial score (nSPS) is 12.8. The largest absolute Gasteiger partial charge is 0.480 e. The Hall–Kier alpha value is -1.04. The van der Waals surface area contributed by atoms with E-state index in [-0.39, 0.29) is 0 Å². The Balaban J connectivity index is 2.64. The Morgan fingerprint density at radius 2 is 2.50 bits per heavy atom. The van der Waals surface area contributed by atoms with Crippen LogP contribution in [0.4, 0.5) is 0 Å². The second-order valence-corrected chi connectivity index (χ2v) is 3.63. The third-order valence-electron chi connectivity index (χ3n) is 1.30. The zero-order chi connectivity index (χ0) is 9.14. The Morgan fingerprint density at radius 3 is 2.92 bits per heavy atom. The molecule has 0 aliphatic carbocycles. The van der Waals surface area contributed by atoms with Gasteiger partial charge in [0.15, 0.2) is 5.16 Å². The van der Waals surface area contributed by atoms with E-state index in [9.17, 15) is 4.79 Å². The van der Waals surface area contributed by atoms with Crippen molar-refractivity contribution in [3.05, 3.63) is 6.33 Å². The van der Waals surface area contributed by atoms with Crippen LogP contribution in [-0.4, -0.2) is 31.1 Å². The SMILES string of the molecule is C[C@@H](Sc1nncn1C)C(=O)O. The van der Waals surface area contributed by atoms with Crippen molar-refractivity contribution >= 4 is 17.7 Å². The van der Waals surface area contributed by atoms with E-state index in [2.05, 4.69) is 10.2 Å². The third kappa shape index (κ3) is 1.97. The first kappa shape index (κ1) is 9.05. The minimum atomic E-state index is -0.844. The molecule has 66 valence electrons. The molecule has 0 radical (unpaired) electrons. The lowest BCUT2D eigenvalue weighted by atomic mass is 10.5. The number of aliphatic carboxylic acids is 1. The molecule has 0 amide bonds. The van der Waals surface area contributed by atoms with Crippen LogP contribution < -0.4 is 0 Å². The fourth-order valence-electron chi connectivity index (χ4n) is 0.588. The maximum atomic E-state index is 10.5. The highest BCUT2D eigenvalue weighted by molar-refractivity contribution is 8.00. The number of hydrogen-bond donors (Lipinski definition) is 1. The van der Waals surface area contributed by atoms with E-state index >= 15 is 0 Å². The molecule has 5 nitrogen and oxygen atoms in total. The number of thioether (sulfide) groups is 1. The number of aryl methyl sites for hydroxylation is 1. The van der Waals surface area contributed by atoms with E-state index in [1.54, 1.807) is 18.5 Å². The van der Waals surface area contributed by atoms with E-state index in [0.29, 0.717) is 5.16 Å². The van der Waals surface area contributed by atoms with Crippen molar-refractivity contribution in [2.75, 3.05) is 0 Å². The average molecular weight is 187 g/mol. The lowest BCUT2D eigenvalue weighted by Gasteiger charge is -2.03. The van der Waals surface area contributed by atoms with Crippen LogP contribution in [-0.2, 0) is 11.8 Å². The summed E-state index contributed by atoms with van der Waals surface area (Å²) in [5, 5.41) is 16.1. The summed E-state index contributed by atoms with van der Waals surface area (Å²) in [5.74, 6) is -0.844. The summed E-state index contributed by atoms with van der Waals surface area (Å²) in [7, 11) is 1.77. The predicted octanol–water partition coefficient (Wildman–Crippen LogP) is 0.380. The fraction of sp³-hybridized carbons (Fsp3) is 0.500. The molecule has 0 saturated carbocycles. The van der Waals surface area contributed by atoms with Crippen molar-refractivity contribution in [2.45, 2.75) is 17.3 Å². The van der Waals surface area contributed by atoms with E-state index in [4.69, 9.17) is 5.11 Å². The van der Waals surface area contributed by atoms with E-state index in [0.717, 1.165) is 0 Å². The Morgan fingerprint density at radius 1 is 1.83 bits per heavy atom. The molecule has 0 aliphatic heterocycles. The summed E-state index contributed by atoms with van der Waals surface area (Å²) in [5.41, 5.74) is 0. The van der Waals surface area contributed by atoms with Crippen molar-refractivity contribution < 1.29 is 9.90 Å². The molecule has 1 aromatic heterocycles. The number of hydrogen-bond acceptors (Lipinski definition) is 4. The van der Waals surface area contributed by atoms with Crippen LogP contribution in [0.25, 0.3) is 0 Å². The number of carboxylic acids is 1. The molecule has 1 rings (SSSR count). The molecule has 0 aromatic carbocycles. The highest BCUT2D eigenvalue weighted by Crippen LogP contribution is 2.19. The van der Waals surface area contributed by atoms with Gasteiger partial charge in [-0.25, -0.2) is 0 Å². The maximum Gasteiger partial charge on any atom is 0.316 e. The monoisotopic (exact) mass is 187 g/mol. The van der Waals surface area contributed by atoms with Gasteiger partial charge in [-0.05, 0) is 6.92 Å². The molecular formula is C6H9N3O2S. The summed E-state index contributed by atoms with van der Waals surface area (Å²) >= 11 is 1.17. The van der Waals surface area contributed by atoms with Gasteiger partial charge in [0.1, 0.15) is 11.6 Å². The molecular weight excluding hydrogens is 178 g/mol. The molecule has 1 atom stereocenters. The van der Waals surface area contributed by atoms with Crippen LogP contribution in [0, 0.1) is 0 Å². The summed E-state index contributed by atoms with van der Waals surface area (Å²) in [6, 6.07) is 0. The van der Waals surface area contributed by atoms with Crippen molar-refractivity contribution in [2.24, 2.45) is 7.05 Å². The highest BCUT2D eigenvalue weighted by Gasteiger charge is 2.14. The zero-order valence-electron chi connectivity index (χ0n) is 6.76. The van der Waals surface area contributed by atoms with Crippen LogP contribution in [0.15, 0.2) is 11.5 Å². The predicted molar refractivity (Wildman–Crippen MR) is 44.0 cm³/mol. The van der Waals surface area contributed by atoms with Crippen molar-refractivity contribution in [3.63, 3.8) is 0 Å². The smallest absolute Gasteiger partial charge is 0.316 e. The van der Waals surface area contributed by atoms with E-state index < -0.39 is 11.2 Å². The van der Waals surface area contributed by atoms with Crippen molar-refractivity contribution in [3.8, 4) is 0 Å². The molecule has 12 heavy (non-hydrogen) atoms. The Bertz CT molecular complexity index is 286. The molecule has 1 heterocycles. The van der Waals surface area contributed by atoms with Gasteiger partial charge in [0.05, 0.1) is 0 Å². The van der Waals surface area contributed by atoms with Crippen molar-refractivity contribution in [1.82, 2.24) is 14.8 Å². The molecule has 0 aliphatic rings. The first-order valence-corrected chi connectivity index (χ1v) is 4.22. The van der Waals surface area contributed by atoms with Gasteiger partial charge in [-0.3, -0.25) is 4.79 Å². The lowest BCUT2D eigenvalue weighted by Crippen LogP contribution is -2.12. The summed E-state index contributed by atoms with van der Waals surface area (Å²) in [4.78, 5) is 10.5. The van der Waals surface area contributed by atoms with Gasteiger partial charge in [0.2, 0.25) is 0 Å². The Kier molecular flexibility index (Phi) is 2.69.